The van der Waals surface area contributed by atoms with Crippen LogP contribution in [0.3, 0.4) is 0 Å². The van der Waals surface area contributed by atoms with E-state index in [2.05, 4.69) is 21.2 Å². The molecule has 1 aliphatic heterocycles. The zero-order valence-electron chi connectivity index (χ0n) is 10.8. The smallest absolute Gasteiger partial charge is 0.237 e. The lowest BCUT2D eigenvalue weighted by molar-refractivity contribution is -0.126. The van der Waals surface area contributed by atoms with Gasteiger partial charge in [-0.2, -0.15) is 0 Å². The minimum Gasteiger partial charge on any atom is -0.358 e. The van der Waals surface area contributed by atoms with Gasteiger partial charge in [-0.25, -0.2) is 0 Å². The summed E-state index contributed by atoms with van der Waals surface area (Å²) in [6.07, 6.45) is 2.93. The van der Waals surface area contributed by atoms with Gasteiger partial charge in [0.05, 0.1) is 17.5 Å². The average Bonchev–Trinajstić information content (AvgIpc) is 2.85. The molecule has 0 saturated carbocycles. The lowest BCUT2D eigenvalue weighted by Crippen LogP contribution is -2.50. The van der Waals surface area contributed by atoms with Gasteiger partial charge in [-0.1, -0.05) is 6.42 Å². The summed E-state index contributed by atoms with van der Waals surface area (Å²) in [5.41, 5.74) is 0. The van der Waals surface area contributed by atoms with E-state index >= 15 is 0 Å². The third kappa shape index (κ3) is 3.43. The number of carbonyl (C=O) groups is 2. The van der Waals surface area contributed by atoms with Gasteiger partial charge in [-0.15, -0.1) is 11.3 Å². The van der Waals surface area contributed by atoms with Crippen LogP contribution in [0.5, 0.6) is 0 Å². The second-order valence-electron chi connectivity index (χ2n) is 4.62. The number of rotatable bonds is 4. The molecule has 1 amide bonds. The number of amides is 1. The fourth-order valence-electron chi connectivity index (χ4n) is 2.39. The molecule has 1 aromatic rings. The first-order valence-corrected chi connectivity index (χ1v) is 8.02. The van der Waals surface area contributed by atoms with Gasteiger partial charge < -0.3 is 5.32 Å². The summed E-state index contributed by atoms with van der Waals surface area (Å²) in [5.74, 6) is 0.0930. The Morgan fingerprint density at radius 3 is 2.95 bits per heavy atom. The zero-order chi connectivity index (χ0) is 13.8. The van der Waals surface area contributed by atoms with Crippen LogP contribution < -0.4 is 5.32 Å². The Balaban J connectivity index is 2.05. The minimum atomic E-state index is -0.165. The van der Waals surface area contributed by atoms with Crippen LogP contribution in [0, 0.1) is 0 Å². The number of thiophene rings is 1. The molecule has 0 aromatic carbocycles. The number of likely N-dealkylation sites (tertiary alicyclic amines) is 1. The lowest BCUT2D eigenvalue weighted by atomic mass is 10.0. The van der Waals surface area contributed by atoms with Gasteiger partial charge in [0.2, 0.25) is 5.91 Å². The van der Waals surface area contributed by atoms with Crippen molar-refractivity contribution in [1.82, 2.24) is 10.2 Å². The molecule has 2 heterocycles. The van der Waals surface area contributed by atoms with Crippen molar-refractivity contribution in [3.05, 3.63) is 20.8 Å². The first-order valence-electron chi connectivity index (χ1n) is 6.35. The van der Waals surface area contributed by atoms with E-state index in [1.807, 2.05) is 16.3 Å². The Morgan fingerprint density at radius 2 is 2.32 bits per heavy atom. The van der Waals surface area contributed by atoms with Gasteiger partial charge in [0.15, 0.2) is 5.78 Å². The van der Waals surface area contributed by atoms with Crippen molar-refractivity contribution in [2.24, 2.45) is 0 Å². The van der Waals surface area contributed by atoms with Crippen LogP contribution in [0.4, 0.5) is 0 Å². The predicted octanol–water partition coefficient (Wildman–Crippen LogP) is 2.29. The van der Waals surface area contributed by atoms with Crippen molar-refractivity contribution in [2.45, 2.75) is 25.3 Å². The van der Waals surface area contributed by atoms with Gasteiger partial charge in [-0.3, -0.25) is 14.5 Å². The predicted molar refractivity (Wildman–Crippen MR) is 79.6 cm³/mol. The molecule has 1 aliphatic rings. The summed E-state index contributed by atoms with van der Waals surface area (Å²) in [4.78, 5) is 26.8. The maximum absolute atomic E-state index is 12.3. The number of likely N-dealkylation sites (N-methyl/N-ethyl adjacent to an activating group) is 1. The molecule has 6 heteroatoms. The second kappa shape index (κ2) is 6.63. The highest BCUT2D eigenvalue weighted by Crippen LogP contribution is 2.24. The molecular formula is C13H17BrN2O2S. The molecule has 2 rings (SSSR count). The summed E-state index contributed by atoms with van der Waals surface area (Å²) in [6, 6.07) is 1.71. The van der Waals surface area contributed by atoms with Crippen molar-refractivity contribution in [3.8, 4) is 0 Å². The number of halogens is 1. The maximum atomic E-state index is 12.3. The number of hydrogen-bond acceptors (Lipinski definition) is 4. The fraction of sp³-hybridized carbons (Fsp3) is 0.538. The molecule has 1 atom stereocenters. The Morgan fingerprint density at radius 1 is 1.53 bits per heavy atom. The average molecular weight is 345 g/mol. The third-order valence-corrected chi connectivity index (χ3v) is 5.26. The number of Topliss-reactive ketones (excluding diaryl/α,β-unsaturated/α-hetero) is 1. The van der Waals surface area contributed by atoms with E-state index < -0.39 is 0 Å². The Bertz CT molecular complexity index is 475. The Kier molecular flexibility index (Phi) is 5.13. The van der Waals surface area contributed by atoms with Crippen LogP contribution in [0.15, 0.2) is 15.9 Å². The molecule has 1 N–H and O–H groups in total. The van der Waals surface area contributed by atoms with E-state index in [0.717, 1.165) is 35.2 Å². The largest absolute Gasteiger partial charge is 0.358 e. The Labute approximate surface area is 125 Å². The highest BCUT2D eigenvalue weighted by atomic mass is 79.9. The molecule has 0 bridgehead atoms. The zero-order valence-corrected chi connectivity index (χ0v) is 13.2. The molecule has 19 heavy (non-hydrogen) atoms. The van der Waals surface area contributed by atoms with Crippen molar-refractivity contribution < 1.29 is 9.59 Å². The standard InChI is InChI=1S/C13H17BrN2O2S/c1-15-13(18)10-4-2-3-6-16(10)8-11(17)12-9(14)5-7-19-12/h5,7,10H,2-4,6,8H2,1H3,(H,15,18). The van der Waals surface area contributed by atoms with E-state index in [-0.39, 0.29) is 17.7 Å². The molecule has 4 nitrogen and oxygen atoms in total. The van der Waals surface area contributed by atoms with Crippen LogP contribution in [0.1, 0.15) is 28.9 Å². The van der Waals surface area contributed by atoms with Gasteiger partial charge in [-0.05, 0) is 46.8 Å². The van der Waals surface area contributed by atoms with E-state index in [9.17, 15) is 9.59 Å². The molecule has 1 fully saturated rings. The normalized spacial score (nSPS) is 20.2. The Hall–Kier alpha value is -0.720. The minimum absolute atomic E-state index is 0.0118. The highest BCUT2D eigenvalue weighted by molar-refractivity contribution is 9.10. The van der Waals surface area contributed by atoms with E-state index in [1.165, 1.54) is 11.3 Å². The van der Waals surface area contributed by atoms with Gasteiger partial charge in [0.1, 0.15) is 0 Å². The fourth-order valence-corrected chi connectivity index (χ4v) is 3.92. The summed E-state index contributed by atoms with van der Waals surface area (Å²) in [5, 5.41) is 4.58. The number of piperidine rings is 1. The lowest BCUT2D eigenvalue weighted by Gasteiger charge is -2.33. The number of nitrogens with zero attached hydrogens (tertiary/aromatic N) is 1. The highest BCUT2D eigenvalue weighted by Gasteiger charge is 2.29. The first-order chi connectivity index (χ1) is 9.13. The quantitative estimate of drug-likeness (QED) is 0.852. The maximum Gasteiger partial charge on any atom is 0.237 e. The molecule has 1 saturated heterocycles. The number of carbonyl (C=O) groups excluding carboxylic acids is 2. The molecule has 0 spiro atoms. The topological polar surface area (TPSA) is 49.4 Å². The molecule has 1 unspecified atom stereocenters. The van der Waals surface area contributed by atoms with Crippen LogP contribution >= 0.6 is 27.3 Å². The van der Waals surface area contributed by atoms with Crippen molar-refractivity contribution in [3.63, 3.8) is 0 Å². The summed E-state index contributed by atoms with van der Waals surface area (Å²) in [7, 11) is 1.65. The van der Waals surface area contributed by atoms with E-state index in [4.69, 9.17) is 0 Å². The van der Waals surface area contributed by atoms with Gasteiger partial charge >= 0.3 is 0 Å². The van der Waals surface area contributed by atoms with Gasteiger partial charge in [0.25, 0.3) is 0 Å². The first kappa shape index (κ1) is 14.7. The number of ketones is 1. The van der Waals surface area contributed by atoms with Gasteiger partial charge in [0, 0.05) is 11.5 Å². The van der Waals surface area contributed by atoms with E-state index in [0.29, 0.717) is 6.54 Å². The molecule has 0 radical (unpaired) electrons. The number of nitrogens with one attached hydrogen (secondary N) is 1. The second-order valence-corrected chi connectivity index (χ2v) is 6.39. The molecular weight excluding hydrogens is 328 g/mol. The number of hydrogen-bond donors (Lipinski definition) is 1. The molecule has 1 aromatic heterocycles. The summed E-state index contributed by atoms with van der Waals surface area (Å²) in [6.45, 7) is 1.13. The monoisotopic (exact) mass is 344 g/mol. The summed E-state index contributed by atoms with van der Waals surface area (Å²) < 4.78 is 0.844. The summed E-state index contributed by atoms with van der Waals surface area (Å²) >= 11 is 4.82. The van der Waals surface area contributed by atoms with Crippen LogP contribution in [0.25, 0.3) is 0 Å². The SMILES string of the molecule is CNC(=O)C1CCCCN1CC(=O)c1sccc1Br. The van der Waals surface area contributed by atoms with E-state index in [1.54, 1.807) is 7.05 Å². The van der Waals surface area contributed by atoms with Crippen LogP contribution in [0.2, 0.25) is 0 Å². The molecule has 104 valence electrons. The third-order valence-electron chi connectivity index (χ3n) is 3.38. The van der Waals surface area contributed by atoms with Crippen LogP contribution in [-0.2, 0) is 4.79 Å². The van der Waals surface area contributed by atoms with Crippen molar-refractivity contribution >= 4 is 39.0 Å². The molecule has 0 aliphatic carbocycles. The van der Waals surface area contributed by atoms with Crippen molar-refractivity contribution in [1.29, 1.82) is 0 Å². The van der Waals surface area contributed by atoms with Crippen molar-refractivity contribution in [2.75, 3.05) is 20.1 Å². The van der Waals surface area contributed by atoms with Crippen LogP contribution in [-0.4, -0.2) is 42.8 Å².